The first kappa shape index (κ1) is 14.3. The van der Waals surface area contributed by atoms with Crippen molar-refractivity contribution in [2.45, 2.75) is 32.6 Å². The summed E-state index contributed by atoms with van der Waals surface area (Å²) in [4.78, 5) is 18.6. The average molecular weight is 303 g/mol. The number of amides is 1. The molecule has 1 saturated heterocycles. The smallest absolute Gasteiger partial charge is 0.224 e. The second-order valence-electron chi connectivity index (χ2n) is 5.61. The standard InChI is InChI=1S/C16H21N3OS/c1-12-5-6-14-13(11-12)18-16(21-14)17-8-7-15(20)19-9-3-2-4-10-19/h5-6,11H,2-4,7-10H2,1H3,(H,17,18). The van der Waals surface area contributed by atoms with Crippen LogP contribution in [-0.2, 0) is 4.79 Å². The number of hydrogen-bond donors (Lipinski definition) is 1. The van der Waals surface area contributed by atoms with Gasteiger partial charge in [0.25, 0.3) is 0 Å². The Morgan fingerprint density at radius 2 is 2.14 bits per heavy atom. The van der Waals surface area contributed by atoms with E-state index in [1.807, 2.05) is 4.90 Å². The number of piperidine rings is 1. The first-order valence-electron chi connectivity index (χ1n) is 7.61. The van der Waals surface area contributed by atoms with E-state index in [0.29, 0.717) is 13.0 Å². The van der Waals surface area contributed by atoms with Crippen LogP contribution in [0.4, 0.5) is 5.13 Å². The molecule has 112 valence electrons. The summed E-state index contributed by atoms with van der Waals surface area (Å²) in [7, 11) is 0. The fraction of sp³-hybridized carbons (Fsp3) is 0.500. The van der Waals surface area contributed by atoms with Crippen LogP contribution in [0.5, 0.6) is 0 Å². The van der Waals surface area contributed by atoms with Gasteiger partial charge in [0.15, 0.2) is 5.13 Å². The number of aryl methyl sites for hydroxylation is 1. The molecule has 3 rings (SSSR count). The summed E-state index contributed by atoms with van der Waals surface area (Å²) < 4.78 is 1.19. The van der Waals surface area contributed by atoms with Gasteiger partial charge in [-0.05, 0) is 43.9 Å². The van der Waals surface area contributed by atoms with Crippen LogP contribution in [-0.4, -0.2) is 35.4 Å². The van der Waals surface area contributed by atoms with Crippen LogP contribution in [0.3, 0.4) is 0 Å². The molecule has 0 atom stereocenters. The predicted octanol–water partition coefficient (Wildman–Crippen LogP) is 3.42. The number of fused-ring (bicyclic) bond motifs is 1. The molecule has 1 aromatic heterocycles. The summed E-state index contributed by atoms with van der Waals surface area (Å²) in [6, 6.07) is 6.30. The summed E-state index contributed by atoms with van der Waals surface area (Å²) in [6.45, 7) is 4.59. The lowest BCUT2D eigenvalue weighted by atomic mass is 10.1. The number of carbonyl (C=O) groups is 1. The van der Waals surface area contributed by atoms with Crippen LogP contribution in [0.1, 0.15) is 31.2 Å². The van der Waals surface area contributed by atoms with E-state index in [-0.39, 0.29) is 5.91 Å². The third-order valence-electron chi connectivity index (χ3n) is 3.87. The van der Waals surface area contributed by atoms with Crippen molar-refractivity contribution in [1.29, 1.82) is 0 Å². The van der Waals surface area contributed by atoms with Crippen molar-refractivity contribution < 1.29 is 4.79 Å². The van der Waals surface area contributed by atoms with E-state index in [0.717, 1.165) is 36.6 Å². The topological polar surface area (TPSA) is 45.2 Å². The van der Waals surface area contributed by atoms with Crippen LogP contribution < -0.4 is 5.32 Å². The Kier molecular flexibility index (Phi) is 4.39. The van der Waals surface area contributed by atoms with Crippen molar-refractivity contribution in [1.82, 2.24) is 9.88 Å². The van der Waals surface area contributed by atoms with E-state index in [1.165, 1.54) is 16.7 Å². The molecule has 0 radical (unpaired) electrons. The van der Waals surface area contributed by atoms with Crippen LogP contribution in [0.2, 0.25) is 0 Å². The Morgan fingerprint density at radius 3 is 2.95 bits per heavy atom. The third kappa shape index (κ3) is 3.53. The van der Waals surface area contributed by atoms with Gasteiger partial charge in [-0.2, -0.15) is 0 Å². The van der Waals surface area contributed by atoms with Gasteiger partial charge in [-0.3, -0.25) is 4.79 Å². The fourth-order valence-electron chi connectivity index (χ4n) is 2.69. The number of hydrogen-bond acceptors (Lipinski definition) is 4. The normalized spacial score (nSPS) is 15.4. The van der Waals surface area contributed by atoms with Crippen molar-refractivity contribution in [2.24, 2.45) is 0 Å². The first-order valence-corrected chi connectivity index (χ1v) is 8.43. The molecule has 5 heteroatoms. The average Bonchev–Trinajstić information content (AvgIpc) is 2.89. The molecule has 0 bridgehead atoms. The fourth-order valence-corrected chi connectivity index (χ4v) is 3.56. The maximum absolute atomic E-state index is 12.1. The van der Waals surface area contributed by atoms with Gasteiger partial charge >= 0.3 is 0 Å². The molecular formula is C16H21N3OS. The SMILES string of the molecule is Cc1ccc2sc(NCCC(=O)N3CCCCC3)nc2c1. The highest BCUT2D eigenvalue weighted by molar-refractivity contribution is 7.22. The van der Waals surface area contributed by atoms with E-state index >= 15 is 0 Å². The molecular weight excluding hydrogens is 282 g/mol. The van der Waals surface area contributed by atoms with Crippen molar-refractivity contribution in [3.05, 3.63) is 23.8 Å². The lowest BCUT2D eigenvalue weighted by Crippen LogP contribution is -2.36. The highest BCUT2D eigenvalue weighted by Gasteiger charge is 2.15. The molecule has 2 aromatic rings. The number of anilines is 1. The third-order valence-corrected chi connectivity index (χ3v) is 4.86. The number of rotatable bonds is 4. The van der Waals surface area contributed by atoms with Crippen molar-refractivity contribution in [3.8, 4) is 0 Å². The number of likely N-dealkylation sites (tertiary alicyclic amines) is 1. The second-order valence-corrected chi connectivity index (χ2v) is 6.64. The Balaban J connectivity index is 1.53. The van der Waals surface area contributed by atoms with E-state index in [9.17, 15) is 4.79 Å². The Labute approximate surface area is 129 Å². The lowest BCUT2D eigenvalue weighted by Gasteiger charge is -2.26. The second kappa shape index (κ2) is 6.43. The molecule has 1 amide bonds. The Bertz CT molecular complexity index is 631. The van der Waals surface area contributed by atoms with Crippen molar-refractivity contribution in [3.63, 3.8) is 0 Å². The lowest BCUT2D eigenvalue weighted by molar-refractivity contribution is -0.131. The summed E-state index contributed by atoms with van der Waals surface area (Å²) >= 11 is 1.65. The van der Waals surface area contributed by atoms with E-state index in [4.69, 9.17) is 0 Å². The van der Waals surface area contributed by atoms with Crippen LogP contribution >= 0.6 is 11.3 Å². The maximum Gasteiger partial charge on any atom is 0.224 e. The van der Waals surface area contributed by atoms with Gasteiger partial charge in [0.05, 0.1) is 10.2 Å². The highest BCUT2D eigenvalue weighted by Crippen LogP contribution is 2.26. The molecule has 21 heavy (non-hydrogen) atoms. The molecule has 0 unspecified atom stereocenters. The molecule has 4 nitrogen and oxygen atoms in total. The zero-order valence-electron chi connectivity index (χ0n) is 12.4. The van der Waals surface area contributed by atoms with Gasteiger partial charge in [-0.25, -0.2) is 4.98 Å². The predicted molar refractivity (Wildman–Crippen MR) is 87.9 cm³/mol. The van der Waals surface area contributed by atoms with Gasteiger partial charge in [0.1, 0.15) is 0 Å². The van der Waals surface area contributed by atoms with Crippen molar-refractivity contribution in [2.75, 3.05) is 25.0 Å². The molecule has 1 N–H and O–H groups in total. The molecule has 1 aliphatic rings. The van der Waals surface area contributed by atoms with Gasteiger partial charge in [-0.15, -0.1) is 0 Å². The van der Waals surface area contributed by atoms with Gasteiger partial charge in [0, 0.05) is 26.1 Å². The van der Waals surface area contributed by atoms with Crippen LogP contribution in [0.15, 0.2) is 18.2 Å². The summed E-state index contributed by atoms with van der Waals surface area (Å²) in [5.41, 5.74) is 2.25. The number of carbonyl (C=O) groups excluding carboxylic acids is 1. The maximum atomic E-state index is 12.1. The van der Waals surface area contributed by atoms with E-state index in [1.54, 1.807) is 11.3 Å². The summed E-state index contributed by atoms with van der Waals surface area (Å²) in [5.74, 6) is 0.263. The van der Waals surface area contributed by atoms with Gasteiger partial charge < -0.3 is 10.2 Å². The molecule has 0 spiro atoms. The van der Waals surface area contributed by atoms with E-state index < -0.39 is 0 Å². The van der Waals surface area contributed by atoms with Crippen molar-refractivity contribution >= 4 is 32.6 Å². The molecule has 0 saturated carbocycles. The van der Waals surface area contributed by atoms with Crippen LogP contribution in [0.25, 0.3) is 10.2 Å². The quantitative estimate of drug-likeness (QED) is 0.941. The number of thiazole rings is 1. The first-order chi connectivity index (χ1) is 10.2. The highest BCUT2D eigenvalue weighted by atomic mass is 32.1. The molecule has 0 aliphatic carbocycles. The summed E-state index contributed by atoms with van der Waals surface area (Å²) in [6.07, 6.45) is 4.11. The van der Waals surface area contributed by atoms with Gasteiger partial charge in [0.2, 0.25) is 5.91 Å². The Hall–Kier alpha value is -1.62. The van der Waals surface area contributed by atoms with Crippen LogP contribution in [0, 0.1) is 6.92 Å². The molecule has 1 fully saturated rings. The zero-order valence-corrected chi connectivity index (χ0v) is 13.2. The van der Waals surface area contributed by atoms with Gasteiger partial charge in [-0.1, -0.05) is 17.4 Å². The minimum atomic E-state index is 0.263. The summed E-state index contributed by atoms with van der Waals surface area (Å²) in [5, 5.41) is 4.19. The number of benzene rings is 1. The molecule has 1 aliphatic heterocycles. The minimum Gasteiger partial charge on any atom is -0.361 e. The molecule has 1 aromatic carbocycles. The number of aromatic nitrogens is 1. The minimum absolute atomic E-state index is 0.263. The zero-order chi connectivity index (χ0) is 14.7. The molecule has 2 heterocycles. The Morgan fingerprint density at radius 1 is 1.33 bits per heavy atom. The number of nitrogens with one attached hydrogen (secondary N) is 1. The largest absolute Gasteiger partial charge is 0.361 e. The number of nitrogens with zero attached hydrogens (tertiary/aromatic N) is 2. The monoisotopic (exact) mass is 303 g/mol. The van der Waals surface area contributed by atoms with E-state index in [2.05, 4.69) is 35.4 Å².